The zero-order valence-electron chi connectivity index (χ0n) is 15.0. The molecule has 0 radical (unpaired) electrons. The number of anilines is 2. The minimum Gasteiger partial charge on any atom is -0.368 e. The van der Waals surface area contributed by atoms with Crippen molar-refractivity contribution in [3.63, 3.8) is 0 Å². The van der Waals surface area contributed by atoms with Gasteiger partial charge in [-0.05, 0) is 57.4 Å². The maximum absolute atomic E-state index is 5.95. The van der Waals surface area contributed by atoms with Gasteiger partial charge in [-0.1, -0.05) is 23.7 Å². The molecule has 136 valence electrons. The Hall–Kier alpha value is -1.79. The number of rotatable bonds is 6. The van der Waals surface area contributed by atoms with E-state index < -0.39 is 0 Å². The fraction of sp³-hybridized carbons (Fsp3) is 0.556. The highest BCUT2D eigenvalue weighted by molar-refractivity contribution is 6.30. The third-order valence-electron chi connectivity index (χ3n) is 5.27. The predicted octanol–water partition coefficient (Wildman–Crippen LogP) is 2.96. The van der Waals surface area contributed by atoms with Crippen molar-refractivity contribution in [2.45, 2.75) is 44.7 Å². The Balaban J connectivity index is 1.46. The van der Waals surface area contributed by atoms with E-state index in [2.05, 4.69) is 51.1 Å². The Morgan fingerprint density at radius 3 is 2.60 bits per heavy atom. The van der Waals surface area contributed by atoms with E-state index in [4.69, 9.17) is 17.3 Å². The van der Waals surface area contributed by atoms with Gasteiger partial charge < -0.3 is 15.5 Å². The van der Waals surface area contributed by atoms with Crippen LogP contribution in [0.15, 0.2) is 24.3 Å². The molecule has 1 unspecified atom stereocenters. The molecule has 0 aliphatic carbocycles. The monoisotopic (exact) mass is 362 g/mol. The number of nitrogens with zero attached hydrogens (tertiary/aromatic N) is 4. The van der Waals surface area contributed by atoms with Crippen molar-refractivity contribution in [2.75, 3.05) is 30.8 Å². The van der Waals surface area contributed by atoms with E-state index in [-0.39, 0.29) is 0 Å². The number of halogens is 1. The molecule has 3 rings (SSSR count). The quantitative estimate of drug-likeness (QED) is 0.826. The van der Waals surface area contributed by atoms with E-state index in [0.29, 0.717) is 18.0 Å². The lowest BCUT2D eigenvalue weighted by Gasteiger charge is -2.39. The van der Waals surface area contributed by atoms with Crippen LogP contribution >= 0.6 is 11.6 Å². The minimum absolute atomic E-state index is 0.380. The maximum atomic E-state index is 5.95. The molecule has 0 bridgehead atoms. The number of aromatic amines is 1. The Morgan fingerprint density at radius 2 is 2.00 bits per heavy atom. The summed E-state index contributed by atoms with van der Waals surface area (Å²) in [5.74, 6) is 1.10. The van der Waals surface area contributed by atoms with Gasteiger partial charge in [0, 0.05) is 30.2 Å². The number of aromatic nitrogens is 3. The summed E-state index contributed by atoms with van der Waals surface area (Å²) in [5, 5.41) is 7.67. The molecule has 1 fully saturated rings. The number of nitrogens with two attached hydrogens (primary N) is 1. The van der Waals surface area contributed by atoms with E-state index in [1.807, 2.05) is 12.1 Å². The Morgan fingerprint density at radius 1 is 1.32 bits per heavy atom. The number of benzene rings is 1. The smallest absolute Gasteiger partial charge is 0.246 e. The standard InChI is InChI=1S/C18H27ClN6/c1-13(3-4-14-5-7-15(19)8-6-14)24(2)16-9-11-25(12-10-16)18-21-17(20)22-23-18/h5-8,13,16H,3-4,9-12H2,1-2H3,(H3,20,21,22,23). The molecule has 6 nitrogen and oxygen atoms in total. The van der Waals surface area contributed by atoms with Crippen LogP contribution < -0.4 is 10.6 Å². The summed E-state index contributed by atoms with van der Waals surface area (Å²) in [4.78, 5) is 8.95. The van der Waals surface area contributed by atoms with Crippen LogP contribution in [0.4, 0.5) is 11.9 Å². The van der Waals surface area contributed by atoms with Crippen LogP contribution in [-0.2, 0) is 6.42 Å². The first-order chi connectivity index (χ1) is 12.0. The zero-order chi connectivity index (χ0) is 17.8. The fourth-order valence-electron chi connectivity index (χ4n) is 3.47. The van der Waals surface area contributed by atoms with Gasteiger partial charge in [-0.15, -0.1) is 5.10 Å². The van der Waals surface area contributed by atoms with Crippen LogP contribution in [0.5, 0.6) is 0 Å². The zero-order valence-corrected chi connectivity index (χ0v) is 15.7. The Kier molecular flexibility index (Phi) is 5.81. The maximum Gasteiger partial charge on any atom is 0.246 e. The van der Waals surface area contributed by atoms with Crippen LogP contribution in [0.1, 0.15) is 31.7 Å². The molecule has 0 saturated carbocycles. The summed E-state index contributed by atoms with van der Waals surface area (Å²) < 4.78 is 0. The number of nitrogen functional groups attached to an aromatic ring is 1. The lowest BCUT2D eigenvalue weighted by Crippen LogP contribution is -2.46. The van der Waals surface area contributed by atoms with E-state index >= 15 is 0 Å². The number of hydrogen-bond acceptors (Lipinski definition) is 5. The van der Waals surface area contributed by atoms with Crippen LogP contribution in [0, 0.1) is 0 Å². The van der Waals surface area contributed by atoms with E-state index in [0.717, 1.165) is 49.7 Å². The van der Waals surface area contributed by atoms with Gasteiger partial charge in [-0.2, -0.15) is 4.98 Å². The van der Waals surface area contributed by atoms with Crippen LogP contribution in [0.2, 0.25) is 5.02 Å². The molecule has 7 heteroatoms. The van der Waals surface area contributed by atoms with Gasteiger partial charge >= 0.3 is 0 Å². The van der Waals surface area contributed by atoms with Crippen LogP contribution in [0.25, 0.3) is 0 Å². The summed E-state index contributed by atoms with van der Waals surface area (Å²) in [7, 11) is 2.25. The van der Waals surface area contributed by atoms with Crippen molar-refractivity contribution in [3.05, 3.63) is 34.9 Å². The molecule has 1 aromatic carbocycles. The molecule has 2 aromatic rings. The molecular weight excluding hydrogens is 336 g/mol. The second kappa shape index (κ2) is 8.06. The topological polar surface area (TPSA) is 74.1 Å². The van der Waals surface area contributed by atoms with Gasteiger partial charge in [0.1, 0.15) is 0 Å². The second-order valence-electron chi connectivity index (χ2n) is 6.92. The van der Waals surface area contributed by atoms with Gasteiger partial charge in [0.15, 0.2) is 0 Å². The first kappa shape index (κ1) is 18.0. The Labute approximate surface area is 154 Å². The van der Waals surface area contributed by atoms with E-state index in [9.17, 15) is 0 Å². The van der Waals surface area contributed by atoms with Crippen molar-refractivity contribution >= 4 is 23.5 Å². The third kappa shape index (κ3) is 4.64. The second-order valence-corrected chi connectivity index (χ2v) is 7.35. The molecule has 0 amide bonds. The van der Waals surface area contributed by atoms with Crippen molar-refractivity contribution < 1.29 is 0 Å². The SMILES string of the molecule is CC(CCc1ccc(Cl)cc1)N(C)C1CCN(c2n[nH]c(N)n2)CC1. The van der Waals surface area contributed by atoms with E-state index in [1.165, 1.54) is 5.56 Å². The van der Waals surface area contributed by atoms with E-state index in [1.54, 1.807) is 0 Å². The summed E-state index contributed by atoms with van der Waals surface area (Å²) in [6.45, 7) is 4.25. The average Bonchev–Trinajstić information content (AvgIpc) is 3.07. The fourth-order valence-corrected chi connectivity index (χ4v) is 3.60. The highest BCUT2D eigenvalue weighted by Crippen LogP contribution is 2.22. The van der Waals surface area contributed by atoms with Gasteiger partial charge in [-0.3, -0.25) is 0 Å². The molecule has 1 aliphatic rings. The number of aryl methyl sites for hydroxylation is 1. The van der Waals surface area contributed by atoms with Crippen molar-refractivity contribution in [3.8, 4) is 0 Å². The molecule has 25 heavy (non-hydrogen) atoms. The van der Waals surface area contributed by atoms with Crippen molar-refractivity contribution in [1.82, 2.24) is 20.1 Å². The lowest BCUT2D eigenvalue weighted by molar-refractivity contribution is 0.151. The molecule has 1 aromatic heterocycles. The molecule has 1 atom stereocenters. The molecule has 0 spiro atoms. The number of hydrogen-bond donors (Lipinski definition) is 2. The lowest BCUT2D eigenvalue weighted by atomic mass is 9.99. The molecule has 2 heterocycles. The normalized spacial score (nSPS) is 17.2. The van der Waals surface area contributed by atoms with Gasteiger partial charge in [0.2, 0.25) is 11.9 Å². The number of piperidine rings is 1. The highest BCUT2D eigenvalue weighted by Gasteiger charge is 2.26. The molecule has 1 aliphatic heterocycles. The molecule has 3 N–H and O–H groups in total. The minimum atomic E-state index is 0.380. The van der Waals surface area contributed by atoms with Crippen LogP contribution in [-0.4, -0.2) is 52.3 Å². The van der Waals surface area contributed by atoms with Crippen molar-refractivity contribution in [1.29, 1.82) is 0 Å². The van der Waals surface area contributed by atoms with Crippen LogP contribution in [0.3, 0.4) is 0 Å². The largest absolute Gasteiger partial charge is 0.368 e. The molecule has 1 saturated heterocycles. The first-order valence-corrected chi connectivity index (χ1v) is 9.30. The summed E-state index contributed by atoms with van der Waals surface area (Å²) >= 11 is 5.95. The number of nitrogens with one attached hydrogen (secondary N) is 1. The third-order valence-corrected chi connectivity index (χ3v) is 5.53. The highest BCUT2D eigenvalue weighted by atomic mass is 35.5. The number of H-pyrrole nitrogens is 1. The van der Waals surface area contributed by atoms with Gasteiger partial charge in [0.25, 0.3) is 0 Å². The van der Waals surface area contributed by atoms with Crippen molar-refractivity contribution in [2.24, 2.45) is 0 Å². The first-order valence-electron chi connectivity index (χ1n) is 8.92. The average molecular weight is 363 g/mol. The summed E-state index contributed by atoms with van der Waals surface area (Å²) in [6.07, 6.45) is 4.47. The molecular formula is C18H27ClN6. The Bertz CT molecular complexity index is 662. The van der Waals surface area contributed by atoms with Gasteiger partial charge in [-0.25, -0.2) is 5.10 Å². The van der Waals surface area contributed by atoms with Gasteiger partial charge in [0.05, 0.1) is 0 Å². The summed E-state index contributed by atoms with van der Waals surface area (Å²) in [6, 6.07) is 9.33. The predicted molar refractivity (Wildman–Crippen MR) is 103 cm³/mol. The summed E-state index contributed by atoms with van der Waals surface area (Å²) in [5.41, 5.74) is 6.97.